The molecule has 3 aromatic heterocycles. The molecule has 1 N–H and O–H groups in total. The first-order valence-electron chi connectivity index (χ1n) is 5.99. The van der Waals surface area contributed by atoms with Crippen molar-refractivity contribution in [3.8, 4) is 0 Å². The van der Waals surface area contributed by atoms with Gasteiger partial charge in [0.05, 0.1) is 11.4 Å². The molecule has 0 fully saturated rings. The van der Waals surface area contributed by atoms with Gasteiger partial charge in [0.2, 0.25) is 0 Å². The molecule has 18 heavy (non-hydrogen) atoms. The Morgan fingerprint density at radius 1 is 1.33 bits per heavy atom. The third-order valence-electron chi connectivity index (χ3n) is 2.98. The summed E-state index contributed by atoms with van der Waals surface area (Å²) in [6, 6.07) is 4.30. The molecule has 0 amide bonds. The summed E-state index contributed by atoms with van der Waals surface area (Å²) in [7, 11) is 0. The molecule has 0 unspecified atom stereocenters. The van der Waals surface area contributed by atoms with E-state index in [1.807, 2.05) is 11.3 Å². The highest BCUT2D eigenvalue weighted by Gasteiger charge is 2.08. The number of rotatable bonds is 5. The van der Waals surface area contributed by atoms with Gasteiger partial charge in [-0.25, -0.2) is 4.98 Å². The molecule has 0 aliphatic carbocycles. The Hall–Kier alpha value is -1.17. The summed E-state index contributed by atoms with van der Waals surface area (Å²) in [6.07, 6.45) is 3.19. The molecule has 3 nitrogen and oxygen atoms in total. The zero-order valence-electron chi connectivity index (χ0n) is 10.2. The maximum atomic E-state index is 4.55. The van der Waals surface area contributed by atoms with Crippen LogP contribution in [0.5, 0.6) is 0 Å². The summed E-state index contributed by atoms with van der Waals surface area (Å²) in [5, 5.41) is 7.71. The van der Waals surface area contributed by atoms with Gasteiger partial charge in [-0.2, -0.15) is 0 Å². The van der Waals surface area contributed by atoms with E-state index in [1.54, 1.807) is 11.3 Å². The van der Waals surface area contributed by atoms with Gasteiger partial charge in [0.25, 0.3) is 0 Å². The largest absolute Gasteiger partial charge is 0.311 e. The maximum absolute atomic E-state index is 4.55. The van der Waals surface area contributed by atoms with E-state index in [4.69, 9.17) is 0 Å². The highest BCUT2D eigenvalue weighted by atomic mass is 32.1. The molecular formula is C13H15N3S2. The summed E-state index contributed by atoms with van der Waals surface area (Å²) in [4.78, 5) is 7.07. The minimum atomic E-state index is 0.884. The highest BCUT2D eigenvalue weighted by molar-refractivity contribution is 7.15. The smallest absolute Gasteiger partial charge is 0.194 e. The fourth-order valence-electron chi connectivity index (χ4n) is 2.03. The zero-order chi connectivity index (χ0) is 12.4. The van der Waals surface area contributed by atoms with Crippen molar-refractivity contribution in [2.75, 3.05) is 6.54 Å². The molecule has 0 bridgehead atoms. The Bertz CT molecular complexity index is 622. The number of aryl methyl sites for hydroxylation is 1. The Balaban J connectivity index is 1.59. The van der Waals surface area contributed by atoms with Gasteiger partial charge in [0, 0.05) is 29.5 Å². The van der Waals surface area contributed by atoms with E-state index in [2.05, 4.69) is 50.7 Å². The predicted molar refractivity (Wildman–Crippen MR) is 77.5 cm³/mol. The van der Waals surface area contributed by atoms with Gasteiger partial charge in [-0.1, -0.05) is 6.07 Å². The summed E-state index contributed by atoms with van der Waals surface area (Å²) in [5.41, 5.74) is 2.41. The molecule has 0 atom stereocenters. The second-order valence-corrected chi connectivity index (χ2v) is 6.11. The van der Waals surface area contributed by atoms with E-state index in [9.17, 15) is 0 Å². The first kappa shape index (κ1) is 11.9. The van der Waals surface area contributed by atoms with Crippen LogP contribution in [0.2, 0.25) is 0 Å². The van der Waals surface area contributed by atoms with Gasteiger partial charge in [0.15, 0.2) is 4.96 Å². The van der Waals surface area contributed by atoms with Crippen molar-refractivity contribution >= 4 is 27.6 Å². The number of hydrogen-bond donors (Lipinski definition) is 1. The monoisotopic (exact) mass is 277 g/mol. The second kappa shape index (κ2) is 5.22. The van der Waals surface area contributed by atoms with Gasteiger partial charge in [-0.15, -0.1) is 22.7 Å². The van der Waals surface area contributed by atoms with Crippen LogP contribution < -0.4 is 5.32 Å². The lowest BCUT2D eigenvalue weighted by atomic mass is 10.3. The van der Waals surface area contributed by atoms with Gasteiger partial charge in [-0.3, -0.25) is 4.40 Å². The molecule has 3 rings (SSSR count). The van der Waals surface area contributed by atoms with Crippen LogP contribution in [0.1, 0.15) is 16.3 Å². The van der Waals surface area contributed by atoms with Crippen molar-refractivity contribution in [3.63, 3.8) is 0 Å². The molecule has 3 heterocycles. The number of fused-ring (bicyclic) bond motifs is 1. The van der Waals surface area contributed by atoms with Crippen LogP contribution in [0.15, 0.2) is 29.1 Å². The molecule has 0 saturated carbocycles. The Labute approximate surface area is 114 Å². The van der Waals surface area contributed by atoms with Crippen LogP contribution in [0, 0.1) is 6.92 Å². The van der Waals surface area contributed by atoms with Crippen molar-refractivity contribution in [3.05, 3.63) is 45.4 Å². The van der Waals surface area contributed by atoms with Gasteiger partial charge in [0.1, 0.15) is 0 Å². The summed E-state index contributed by atoms with van der Waals surface area (Å²) < 4.78 is 2.18. The van der Waals surface area contributed by atoms with Crippen LogP contribution in [0.3, 0.4) is 0 Å². The molecule has 0 aliphatic heterocycles. The number of hydrogen-bond acceptors (Lipinski definition) is 4. The van der Waals surface area contributed by atoms with E-state index >= 15 is 0 Å². The number of aromatic nitrogens is 2. The second-order valence-electron chi connectivity index (χ2n) is 4.21. The topological polar surface area (TPSA) is 29.3 Å². The molecule has 3 aromatic rings. The van der Waals surface area contributed by atoms with E-state index in [-0.39, 0.29) is 0 Å². The molecular weight excluding hydrogens is 262 g/mol. The molecule has 0 aliphatic rings. The SMILES string of the molecule is Cc1nc2sccn2c1CNCCc1cccs1. The summed E-state index contributed by atoms with van der Waals surface area (Å²) in [6.45, 7) is 3.97. The zero-order valence-corrected chi connectivity index (χ0v) is 11.9. The average molecular weight is 277 g/mol. The minimum absolute atomic E-state index is 0.884. The Morgan fingerprint density at radius 2 is 2.28 bits per heavy atom. The maximum Gasteiger partial charge on any atom is 0.194 e. The van der Waals surface area contributed by atoms with Gasteiger partial charge < -0.3 is 5.32 Å². The molecule has 0 spiro atoms. The number of nitrogens with zero attached hydrogens (tertiary/aromatic N) is 2. The van der Waals surface area contributed by atoms with Crippen molar-refractivity contribution in [2.45, 2.75) is 19.9 Å². The van der Waals surface area contributed by atoms with Crippen molar-refractivity contribution in [1.29, 1.82) is 0 Å². The quantitative estimate of drug-likeness (QED) is 0.726. The minimum Gasteiger partial charge on any atom is -0.311 e. The molecule has 0 saturated heterocycles. The van der Waals surface area contributed by atoms with Gasteiger partial charge in [-0.05, 0) is 24.8 Å². The van der Waals surface area contributed by atoms with Gasteiger partial charge >= 0.3 is 0 Å². The van der Waals surface area contributed by atoms with E-state index in [0.717, 1.165) is 30.2 Å². The summed E-state index contributed by atoms with van der Waals surface area (Å²) >= 11 is 3.51. The first-order chi connectivity index (χ1) is 8.84. The molecule has 5 heteroatoms. The van der Waals surface area contributed by atoms with Crippen LogP contribution >= 0.6 is 22.7 Å². The number of thiazole rings is 1. The molecule has 0 aromatic carbocycles. The third kappa shape index (κ3) is 2.34. The molecule has 94 valence electrons. The van der Waals surface area contributed by atoms with Crippen LogP contribution in [-0.4, -0.2) is 15.9 Å². The molecule has 0 radical (unpaired) electrons. The Kier molecular flexibility index (Phi) is 3.45. The number of nitrogens with one attached hydrogen (secondary N) is 1. The fraction of sp³-hybridized carbons (Fsp3) is 0.308. The fourth-order valence-corrected chi connectivity index (χ4v) is 3.51. The normalized spacial score (nSPS) is 11.4. The average Bonchev–Trinajstić information content (AvgIpc) is 3.03. The van der Waals surface area contributed by atoms with Crippen LogP contribution in [-0.2, 0) is 13.0 Å². The summed E-state index contributed by atoms with van der Waals surface area (Å²) in [5.74, 6) is 0. The lowest BCUT2D eigenvalue weighted by Gasteiger charge is -2.04. The lowest BCUT2D eigenvalue weighted by molar-refractivity contribution is 0.671. The Morgan fingerprint density at radius 3 is 3.11 bits per heavy atom. The lowest BCUT2D eigenvalue weighted by Crippen LogP contribution is -2.17. The first-order valence-corrected chi connectivity index (χ1v) is 7.74. The number of thiophene rings is 1. The van der Waals surface area contributed by atoms with Crippen molar-refractivity contribution in [2.24, 2.45) is 0 Å². The third-order valence-corrected chi connectivity index (χ3v) is 4.67. The standard InChI is InChI=1S/C13H15N3S2/c1-10-12(16-6-8-18-13(16)15-10)9-14-5-4-11-3-2-7-17-11/h2-3,6-8,14H,4-5,9H2,1H3. The highest BCUT2D eigenvalue weighted by Crippen LogP contribution is 2.16. The van der Waals surface area contributed by atoms with E-state index < -0.39 is 0 Å². The van der Waals surface area contributed by atoms with E-state index in [0.29, 0.717) is 0 Å². The predicted octanol–water partition coefficient (Wildman–Crippen LogP) is 3.10. The van der Waals surface area contributed by atoms with Crippen molar-refractivity contribution < 1.29 is 0 Å². The number of imidazole rings is 1. The van der Waals surface area contributed by atoms with Crippen LogP contribution in [0.4, 0.5) is 0 Å². The van der Waals surface area contributed by atoms with E-state index in [1.165, 1.54) is 10.6 Å². The van der Waals surface area contributed by atoms with Crippen LogP contribution in [0.25, 0.3) is 4.96 Å². The van der Waals surface area contributed by atoms with Crippen molar-refractivity contribution in [1.82, 2.24) is 14.7 Å².